The first-order chi connectivity index (χ1) is 11.1. The first kappa shape index (κ1) is 17.5. The Morgan fingerprint density at radius 1 is 1.12 bits per heavy atom. The number of benzene rings is 1. The van der Waals surface area contributed by atoms with Crippen LogP contribution in [0, 0.1) is 5.82 Å². The van der Waals surface area contributed by atoms with E-state index in [0.29, 0.717) is 6.54 Å². The van der Waals surface area contributed by atoms with Crippen molar-refractivity contribution in [3.8, 4) is 0 Å². The maximum absolute atomic E-state index is 13.2. The molecule has 0 aromatic heterocycles. The lowest BCUT2D eigenvalue weighted by atomic mass is 9.87. The van der Waals surface area contributed by atoms with Crippen LogP contribution in [0.3, 0.4) is 0 Å². The fraction of sp³-hybridized carbons (Fsp3) is 0.667. The number of halogens is 4. The molecular formula is C18H24F4N2. The summed E-state index contributed by atoms with van der Waals surface area (Å²) >= 11 is 0. The van der Waals surface area contributed by atoms with Crippen molar-refractivity contribution in [1.29, 1.82) is 0 Å². The van der Waals surface area contributed by atoms with E-state index < -0.39 is 12.6 Å². The zero-order chi connectivity index (χ0) is 17.6. The first-order valence-corrected chi connectivity index (χ1v) is 8.46. The standard InChI is InChI=1S/C18H24F4N2/c1-16(2)12-17(8-3-10-23(17)11-9-18(20,21)22)13-24(16)15-6-4-14(19)5-7-15/h4-7H,3,8-13H2,1-2H3. The summed E-state index contributed by atoms with van der Waals surface area (Å²) in [6.07, 6.45) is -2.19. The van der Waals surface area contributed by atoms with Gasteiger partial charge in [-0.1, -0.05) is 0 Å². The lowest BCUT2D eigenvalue weighted by Crippen LogP contribution is -2.47. The fourth-order valence-electron chi connectivity index (χ4n) is 4.51. The summed E-state index contributed by atoms with van der Waals surface area (Å²) in [6, 6.07) is 6.38. The van der Waals surface area contributed by atoms with Crippen LogP contribution in [0.2, 0.25) is 0 Å². The van der Waals surface area contributed by atoms with Crippen molar-refractivity contribution in [2.75, 3.05) is 24.5 Å². The third-order valence-electron chi connectivity index (χ3n) is 5.49. The molecule has 1 atom stereocenters. The van der Waals surface area contributed by atoms with Crippen molar-refractivity contribution in [2.24, 2.45) is 0 Å². The Balaban J connectivity index is 1.80. The normalized spacial score (nSPS) is 27.3. The number of hydrogen-bond acceptors (Lipinski definition) is 2. The van der Waals surface area contributed by atoms with E-state index in [1.807, 2.05) is 4.90 Å². The Labute approximate surface area is 140 Å². The van der Waals surface area contributed by atoms with Gasteiger partial charge in [-0.25, -0.2) is 4.39 Å². The molecule has 134 valence electrons. The molecule has 2 nitrogen and oxygen atoms in total. The minimum absolute atomic E-state index is 0.0663. The van der Waals surface area contributed by atoms with E-state index in [1.165, 1.54) is 12.1 Å². The Bertz CT molecular complexity index is 582. The highest BCUT2D eigenvalue weighted by atomic mass is 19.4. The van der Waals surface area contributed by atoms with E-state index in [9.17, 15) is 17.6 Å². The first-order valence-electron chi connectivity index (χ1n) is 8.46. The van der Waals surface area contributed by atoms with Gasteiger partial charge in [0.05, 0.1) is 6.42 Å². The topological polar surface area (TPSA) is 6.48 Å². The second-order valence-electron chi connectivity index (χ2n) is 7.73. The van der Waals surface area contributed by atoms with Gasteiger partial charge in [0, 0.05) is 29.9 Å². The molecule has 0 saturated carbocycles. The van der Waals surface area contributed by atoms with Crippen molar-refractivity contribution in [3.63, 3.8) is 0 Å². The molecular weight excluding hydrogens is 320 g/mol. The van der Waals surface area contributed by atoms with Crippen molar-refractivity contribution in [2.45, 2.75) is 56.8 Å². The van der Waals surface area contributed by atoms with Crippen LogP contribution in [-0.4, -0.2) is 41.8 Å². The monoisotopic (exact) mass is 344 g/mol. The maximum Gasteiger partial charge on any atom is 0.390 e. The molecule has 2 fully saturated rings. The molecule has 24 heavy (non-hydrogen) atoms. The molecule has 2 aliphatic heterocycles. The zero-order valence-corrected chi connectivity index (χ0v) is 14.2. The molecule has 6 heteroatoms. The second kappa shape index (κ2) is 5.90. The highest BCUT2D eigenvalue weighted by Crippen LogP contribution is 2.47. The number of nitrogens with zero attached hydrogens (tertiary/aromatic N) is 2. The zero-order valence-electron chi connectivity index (χ0n) is 14.2. The van der Waals surface area contributed by atoms with Gasteiger partial charge in [-0.15, -0.1) is 0 Å². The molecule has 2 aliphatic rings. The van der Waals surface area contributed by atoms with Gasteiger partial charge in [-0.2, -0.15) is 13.2 Å². The van der Waals surface area contributed by atoms with Gasteiger partial charge in [0.25, 0.3) is 0 Å². The molecule has 1 unspecified atom stereocenters. The van der Waals surface area contributed by atoms with E-state index >= 15 is 0 Å². The number of alkyl halides is 3. The summed E-state index contributed by atoms with van der Waals surface area (Å²) < 4.78 is 51.1. The predicted octanol–water partition coefficient (Wildman–Crippen LogP) is 4.60. The van der Waals surface area contributed by atoms with Crippen molar-refractivity contribution in [3.05, 3.63) is 30.1 Å². The molecule has 0 radical (unpaired) electrons. The number of anilines is 1. The summed E-state index contributed by atoms with van der Waals surface area (Å²) in [5.41, 5.74) is 0.558. The van der Waals surface area contributed by atoms with Crippen molar-refractivity contribution < 1.29 is 17.6 Å². The quantitative estimate of drug-likeness (QED) is 0.740. The molecule has 1 aromatic carbocycles. The largest absolute Gasteiger partial charge is 0.390 e. The predicted molar refractivity (Wildman–Crippen MR) is 86.7 cm³/mol. The van der Waals surface area contributed by atoms with Gasteiger partial charge in [0.1, 0.15) is 5.82 Å². The average Bonchev–Trinajstić information content (AvgIpc) is 2.97. The molecule has 2 heterocycles. The van der Waals surface area contributed by atoms with Crippen LogP contribution in [0.15, 0.2) is 24.3 Å². The van der Waals surface area contributed by atoms with E-state index in [1.54, 1.807) is 12.1 Å². The highest BCUT2D eigenvalue weighted by molar-refractivity contribution is 5.51. The molecule has 1 spiro atoms. The summed E-state index contributed by atoms with van der Waals surface area (Å²) in [6.45, 7) is 5.72. The highest BCUT2D eigenvalue weighted by Gasteiger charge is 2.53. The van der Waals surface area contributed by atoms with Crippen LogP contribution in [0.25, 0.3) is 0 Å². The Morgan fingerprint density at radius 3 is 2.42 bits per heavy atom. The molecule has 0 amide bonds. The third kappa shape index (κ3) is 3.39. The van der Waals surface area contributed by atoms with E-state index in [4.69, 9.17) is 0 Å². The van der Waals surface area contributed by atoms with Gasteiger partial charge in [-0.3, -0.25) is 4.90 Å². The molecule has 0 aliphatic carbocycles. The Morgan fingerprint density at radius 2 is 1.79 bits per heavy atom. The molecule has 0 bridgehead atoms. The summed E-state index contributed by atoms with van der Waals surface area (Å²) in [5.74, 6) is -0.280. The fourth-order valence-corrected chi connectivity index (χ4v) is 4.51. The number of rotatable bonds is 3. The van der Waals surface area contributed by atoms with E-state index in [2.05, 4.69) is 18.7 Å². The van der Waals surface area contributed by atoms with Crippen LogP contribution in [0.1, 0.15) is 39.5 Å². The van der Waals surface area contributed by atoms with Gasteiger partial charge in [-0.05, 0) is 63.9 Å². The second-order valence-corrected chi connectivity index (χ2v) is 7.73. The van der Waals surface area contributed by atoms with Crippen LogP contribution in [-0.2, 0) is 0 Å². The molecule has 3 rings (SSSR count). The lowest BCUT2D eigenvalue weighted by molar-refractivity contribution is -0.139. The average molecular weight is 344 g/mol. The number of likely N-dealkylation sites (tertiary alicyclic amines) is 1. The van der Waals surface area contributed by atoms with Crippen molar-refractivity contribution in [1.82, 2.24) is 4.90 Å². The van der Waals surface area contributed by atoms with Crippen LogP contribution < -0.4 is 4.90 Å². The molecule has 0 N–H and O–H groups in total. The minimum atomic E-state index is -4.12. The summed E-state index contributed by atoms with van der Waals surface area (Å²) in [7, 11) is 0. The van der Waals surface area contributed by atoms with Crippen LogP contribution in [0.5, 0.6) is 0 Å². The van der Waals surface area contributed by atoms with Crippen molar-refractivity contribution >= 4 is 5.69 Å². The van der Waals surface area contributed by atoms with Crippen LogP contribution in [0.4, 0.5) is 23.2 Å². The SMILES string of the molecule is CC1(C)CC2(CCCN2CCC(F)(F)F)CN1c1ccc(F)cc1. The van der Waals surface area contributed by atoms with Gasteiger partial charge in [0.15, 0.2) is 0 Å². The van der Waals surface area contributed by atoms with Gasteiger partial charge >= 0.3 is 6.18 Å². The molecule has 1 aromatic rings. The summed E-state index contributed by atoms with van der Waals surface area (Å²) in [5, 5.41) is 0. The van der Waals surface area contributed by atoms with E-state index in [-0.39, 0.29) is 23.4 Å². The number of hydrogen-bond donors (Lipinski definition) is 0. The molecule has 2 saturated heterocycles. The maximum atomic E-state index is 13.2. The minimum Gasteiger partial charge on any atom is -0.364 e. The summed E-state index contributed by atoms with van der Waals surface area (Å²) in [4.78, 5) is 4.25. The lowest BCUT2D eigenvalue weighted by Gasteiger charge is -2.35. The van der Waals surface area contributed by atoms with Gasteiger partial charge in [0.2, 0.25) is 0 Å². The Hall–Kier alpha value is -1.30. The Kier molecular flexibility index (Phi) is 4.31. The smallest absolute Gasteiger partial charge is 0.364 e. The van der Waals surface area contributed by atoms with Gasteiger partial charge < -0.3 is 4.90 Å². The van der Waals surface area contributed by atoms with Crippen LogP contribution >= 0.6 is 0 Å². The van der Waals surface area contributed by atoms with E-state index in [0.717, 1.165) is 31.5 Å². The third-order valence-corrected chi connectivity index (χ3v) is 5.49.